The van der Waals surface area contributed by atoms with Crippen molar-refractivity contribution in [2.24, 2.45) is 0 Å². The van der Waals surface area contributed by atoms with Gasteiger partial charge in [-0.1, -0.05) is 6.92 Å². The van der Waals surface area contributed by atoms with Crippen LogP contribution in [0.3, 0.4) is 0 Å². The molecule has 2 N–H and O–H groups in total. The van der Waals surface area contributed by atoms with E-state index in [1.54, 1.807) is 6.92 Å². The van der Waals surface area contributed by atoms with Crippen molar-refractivity contribution in [1.29, 1.82) is 0 Å². The van der Waals surface area contributed by atoms with Crippen LogP contribution in [0.4, 0.5) is 0 Å². The van der Waals surface area contributed by atoms with Gasteiger partial charge in [0.15, 0.2) is 5.44 Å². The van der Waals surface area contributed by atoms with Crippen molar-refractivity contribution < 1.29 is 67.0 Å². The summed E-state index contributed by atoms with van der Waals surface area (Å²) < 4.78 is 49.7. The molecule has 0 aliphatic rings. The molecule has 0 aliphatic carbocycles. The Morgan fingerprint density at radius 2 is 1.61 bits per heavy atom. The van der Waals surface area contributed by atoms with Gasteiger partial charge in [0.2, 0.25) is 0 Å². The van der Waals surface area contributed by atoms with Crippen LogP contribution in [0.2, 0.25) is 0 Å². The Bertz CT molecular complexity index is 374. The van der Waals surface area contributed by atoms with Crippen molar-refractivity contribution in [2.45, 2.75) is 57.4 Å². The van der Waals surface area contributed by atoms with E-state index in [4.69, 9.17) is 19.3 Å². The molecule has 0 aliphatic heterocycles. The zero-order valence-electron chi connectivity index (χ0n) is 14.3. The van der Waals surface area contributed by atoms with E-state index in [1.165, 1.54) is 6.92 Å². The van der Waals surface area contributed by atoms with Crippen LogP contribution in [-0.2, 0) is 24.3 Å². The second-order valence-corrected chi connectivity index (χ2v) is 6.62. The minimum Gasteiger partial charge on any atom is -0.746 e. The maximum Gasteiger partial charge on any atom is 1.00 e. The normalized spacial score (nSPS) is 17.1. The van der Waals surface area contributed by atoms with Crippen molar-refractivity contribution in [3.63, 3.8) is 0 Å². The van der Waals surface area contributed by atoms with Gasteiger partial charge >= 0.3 is 29.6 Å². The van der Waals surface area contributed by atoms with E-state index in [0.717, 1.165) is 0 Å². The van der Waals surface area contributed by atoms with E-state index >= 15 is 0 Å². The Kier molecular flexibility index (Phi) is 15.7. The van der Waals surface area contributed by atoms with Crippen LogP contribution in [0, 0.1) is 0 Å². The molecule has 0 saturated heterocycles. The van der Waals surface area contributed by atoms with Crippen LogP contribution in [0.1, 0.15) is 33.6 Å². The average molecular weight is 366 g/mol. The molecule has 4 atom stereocenters. The summed E-state index contributed by atoms with van der Waals surface area (Å²) >= 11 is 0. The molecule has 0 aromatic rings. The van der Waals surface area contributed by atoms with Gasteiger partial charge in [-0.05, 0) is 20.3 Å². The molecule has 0 aromatic carbocycles. The largest absolute Gasteiger partial charge is 1.00 e. The summed E-state index contributed by atoms with van der Waals surface area (Å²) in [5, 5.41) is 18.3. The SMILES string of the molecule is CCCOC(CCOCC(C)O)C(OCC(C)O)S(=O)(=O)[O-].[Na+]. The van der Waals surface area contributed by atoms with Crippen LogP contribution in [0.5, 0.6) is 0 Å². The van der Waals surface area contributed by atoms with E-state index in [2.05, 4.69) is 0 Å². The third-order valence-electron chi connectivity index (χ3n) is 2.53. The maximum atomic E-state index is 11.4. The van der Waals surface area contributed by atoms with Gasteiger partial charge in [-0.15, -0.1) is 0 Å². The fourth-order valence-corrected chi connectivity index (χ4v) is 2.46. The fraction of sp³-hybridized carbons (Fsp3) is 1.00. The average Bonchev–Trinajstić information content (AvgIpc) is 2.37. The fourth-order valence-electron chi connectivity index (χ4n) is 1.63. The van der Waals surface area contributed by atoms with Gasteiger partial charge in [-0.25, -0.2) is 8.42 Å². The molecule has 0 saturated carbocycles. The molecule has 23 heavy (non-hydrogen) atoms. The molecule has 0 spiro atoms. The Balaban J connectivity index is 0. The minimum absolute atomic E-state index is 0. The number of hydrogen-bond donors (Lipinski definition) is 2. The summed E-state index contributed by atoms with van der Waals surface area (Å²) in [6.07, 6.45) is -1.76. The molecule has 0 radical (unpaired) electrons. The first-order valence-electron chi connectivity index (χ1n) is 7.30. The number of rotatable bonds is 13. The smallest absolute Gasteiger partial charge is 0.746 e. The van der Waals surface area contributed by atoms with Crippen LogP contribution in [0.25, 0.3) is 0 Å². The Morgan fingerprint density at radius 3 is 2.04 bits per heavy atom. The summed E-state index contributed by atoms with van der Waals surface area (Å²) in [5.41, 5.74) is -1.70. The van der Waals surface area contributed by atoms with Crippen LogP contribution < -0.4 is 29.6 Å². The predicted molar refractivity (Wildman–Crippen MR) is 78.3 cm³/mol. The first-order chi connectivity index (χ1) is 10.2. The van der Waals surface area contributed by atoms with E-state index in [-0.39, 0.29) is 62.4 Å². The molecule has 0 heterocycles. The predicted octanol–water partition coefficient (Wildman–Crippen LogP) is -3.16. The van der Waals surface area contributed by atoms with E-state index in [9.17, 15) is 18.1 Å². The Morgan fingerprint density at radius 1 is 1.04 bits per heavy atom. The van der Waals surface area contributed by atoms with Crippen molar-refractivity contribution >= 4 is 10.1 Å². The quantitative estimate of drug-likeness (QED) is 0.199. The molecule has 4 unspecified atom stereocenters. The summed E-state index contributed by atoms with van der Waals surface area (Å²) in [7, 11) is -4.76. The third-order valence-corrected chi connectivity index (χ3v) is 3.54. The molecular weight excluding hydrogens is 339 g/mol. The summed E-state index contributed by atoms with van der Waals surface area (Å²) in [6, 6.07) is 0. The van der Waals surface area contributed by atoms with Gasteiger partial charge in [0, 0.05) is 19.6 Å². The topological polar surface area (TPSA) is 125 Å². The number of ether oxygens (including phenoxy) is 3. The first kappa shape index (κ1) is 25.9. The summed E-state index contributed by atoms with van der Waals surface area (Å²) in [4.78, 5) is 0. The van der Waals surface area contributed by atoms with Gasteiger partial charge in [0.05, 0.1) is 31.5 Å². The molecule has 0 amide bonds. The van der Waals surface area contributed by atoms with E-state index < -0.39 is 33.9 Å². The number of aliphatic hydroxyl groups is 2. The van der Waals surface area contributed by atoms with Gasteiger partial charge in [-0.2, -0.15) is 0 Å². The van der Waals surface area contributed by atoms with Crippen LogP contribution in [0.15, 0.2) is 0 Å². The van der Waals surface area contributed by atoms with E-state index in [0.29, 0.717) is 6.42 Å². The minimum atomic E-state index is -4.76. The molecule has 0 fully saturated rings. The molecule has 8 nitrogen and oxygen atoms in total. The van der Waals surface area contributed by atoms with Gasteiger partial charge < -0.3 is 29.0 Å². The first-order valence-corrected chi connectivity index (χ1v) is 8.77. The third kappa shape index (κ3) is 13.7. The van der Waals surface area contributed by atoms with Crippen LogP contribution >= 0.6 is 0 Å². The van der Waals surface area contributed by atoms with Gasteiger partial charge in [-0.3, -0.25) is 0 Å². The zero-order chi connectivity index (χ0) is 17.2. The second-order valence-electron chi connectivity index (χ2n) is 5.17. The monoisotopic (exact) mass is 366 g/mol. The van der Waals surface area contributed by atoms with Crippen molar-refractivity contribution in [2.75, 3.05) is 26.4 Å². The zero-order valence-corrected chi connectivity index (χ0v) is 17.1. The Labute approximate surface area is 160 Å². The molecule has 0 rings (SSSR count). The Hall–Kier alpha value is 0.710. The maximum absolute atomic E-state index is 11.4. The van der Waals surface area contributed by atoms with Crippen molar-refractivity contribution in [3.05, 3.63) is 0 Å². The molecular formula is C13H27NaO8S. The molecule has 0 bridgehead atoms. The van der Waals surface area contributed by atoms with Gasteiger partial charge in [0.1, 0.15) is 10.1 Å². The molecule has 134 valence electrons. The summed E-state index contributed by atoms with van der Waals surface area (Å²) in [6.45, 7) is 5.02. The van der Waals surface area contributed by atoms with E-state index in [1.807, 2.05) is 6.92 Å². The number of hydrogen-bond acceptors (Lipinski definition) is 8. The van der Waals surface area contributed by atoms with Gasteiger partial charge in [0.25, 0.3) is 0 Å². The van der Waals surface area contributed by atoms with Crippen LogP contribution in [-0.4, -0.2) is 73.4 Å². The molecule has 0 aromatic heterocycles. The summed E-state index contributed by atoms with van der Waals surface area (Å²) in [5.74, 6) is 0. The number of aliphatic hydroxyl groups excluding tert-OH is 2. The molecule has 10 heteroatoms. The van der Waals surface area contributed by atoms with Crippen molar-refractivity contribution in [3.8, 4) is 0 Å². The van der Waals surface area contributed by atoms with Crippen molar-refractivity contribution in [1.82, 2.24) is 0 Å². The standard InChI is InChI=1S/C13H28O8S.Na/c1-4-6-20-12(5-7-19-8-10(2)14)13(22(16,17)18)21-9-11(3)15;/h10-15H,4-9H2,1-3H3,(H,16,17,18);/q;+1/p-1. The second kappa shape index (κ2) is 13.9.